The highest BCUT2D eigenvalue weighted by Crippen LogP contribution is 2.40. The molecule has 0 radical (unpaired) electrons. The maximum Gasteiger partial charge on any atom is 0.162 e. The number of hydrogen-bond acceptors (Lipinski definition) is 2. The van der Waals surface area contributed by atoms with Crippen LogP contribution in [0.4, 0.5) is 0 Å². The van der Waals surface area contributed by atoms with Crippen molar-refractivity contribution in [2.45, 2.75) is 18.8 Å². The standard InChI is InChI=1S/C13H9Cl3N2/c14-9-3-1-2-8(12(9)16)13-17-10(7-4-5-7)6-11(15)18-13/h1-3,6-7H,4-5H2. The molecule has 18 heavy (non-hydrogen) atoms. The summed E-state index contributed by atoms with van der Waals surface area (Å²) in [6.45, 7) is 0. The maximum absolute atomic E-state index is 6.17. The lowest BCUT2D eigenvalue weighted by Gasteiger charge is -2.07. The average molecular weight is 300 g/mol. The zero-order valence-corrected chi connectivity index (χ0v) is 11.6. The quantitative estimate of drug-likeness (QED) is 0.731. The Morgan fingerprint density at radius 1 is 1.06 bits per heavy atom. The van der Waals surface area contributed by atoms with Crippen molar-refractivity contribution in [1.82, 2.24) is 9.97 Å². The summed E-state index contributed by atoms with van der Waals surface area (Å²) in [4.78, 5) is 8.76. The van der Waals surface area contributed by atoms with E-state index in [-0.39, 0.29) is 0 Å². The van der Waals surface area contributed by atoms with Crippen LogP contribution in [0.15, 0.2) is 24.3 Å². The largest absolute Gasteiger partial charge is 0.233 e. The van der Waals surface area contributed by atoms with Crippen molar-refractivity contribution in [2.75, 3.05) is 0 Å². The number of benzene rings is 1. The van der Waals surface area contributed by atoms with E-state index < -0.39 is 0 Å². The minimum absolute atomic E-state index is 0.443. The molecule has 0 amide bonds. The second-order valence-electron chi connectivity index (χ2n) is 4.31. The van der Waals surface area contributed by atoms with Gasteiger partial charge < -0.3 is 0 Å². The molecule has 0 unspecified atom stereocenters. The number of hydrogen-bond donors (Lipinski definition) is 0. The van der Waals surface area contributed by atoms with Gasteiger partial charge in [-0.15, -0.1) is 0 Å². The van der Waals surface area contributed by atoms with Crippen LogP contribution < -0.4 is 0 Å². The van der Waals surface area contributed by atoms with Crippen LogP contribution in [-0.4, -0.2) is 9.97 Å². The van der Waals surface area contributed by atoms with Crippen molar-refractivity contribution in [3.05, 3.63) is 45.2 Å². The van der Waals surface area contributed by atoms with Gasteiger partial charge in [0.05, 0.1) is 10.0 Å². The van der Waals surface area contributed by atoms with Crippen LogP contribution in [0.1, 0.15) is 24.5 Å². The van der Waals surface area contributed by atoms with Crippen LogP contribution in [0.5, 0.6) is 0 Å². The lowest BCUT2D eigenvalue weighted by atomic mass is 10.2. The van der Waals surface area contributed by atoms with Gasteiger partial charge in [0, 0.05) is 17.2 Å². The van der Waals surface area contributed by atoms with Crippen molar-refractivity contribution < 1.29 is 0 Å². The van der Waals surface area contributed by atoms with Gasteiger partial charge in [0.15, 0.2) is 5.82 Å². The molecule has 92 valence electrons. The first-order chi connectivity index (χ1) is 8.65. The summed E-state index contributed by atoms with van der Waals surface area (Å²) in [6.07, 6.45) is 2.33. The monoisotopic (exact) mass is 298 g/mol. The Morgan fingerprint density at radius 3 is 2.56 bits per heavy atom. The third-order valence-corrected chi connectivity index (χ3v) is 3.92. The third kappa shape index (κ3) is 2.33. The molecule has 3 rings (SSSR count). The van der Waals surface area contributed by atoms with Crippen molar-refractivity contribution >= 4 is 34.8 Å². The molecular weight excluding hydrogens is 291 g/mol. The van der Waals surface area contributed by atoms with Gasteiger partial charge in [0.25, 0.3) is 0 Å². The fourth-order valence-electron chi connectivity index (χ4n) is 1.82. The van der Waals surface area contributed by atoms with Crippen molar-refractivity contribution in [3.63, 3.8) is 0 Å². The molecule has 0 atom stereocenters. The molecule has 1 aromatic heterocycles. The van der Waals surface area contributed by atoms with Gasteiger partial charge in [-0.1, -0.05) is 40.9 Å². The second kappa shape index (κ2) is 4.69. The SMILES string of the molecule is Clc1cc(C2CC2)nc(-c2cccc(Cl)c2Cl)n1. The molecule has 0 bridgehead atoms. The van der Waals surface area contributed by atoms with Gasteiger partial charge in [-0.2, -0.15) is 0 Å². The Kier molecular flexibility index (Phi) is 3.18. The fraction of sp³-hybridized carbons (Fsp3) is 0.231. The highest BCUT2D eigenvalue weighted by molar-refractivity contribution is 6.43. The van der Waals surface area contributed by atoms with Crippen LogP contribution in [0.3, 0.4) is 0 Å². The molecule has 2 aromatic rings. The zero-order chi connectivity index (χ0) is 12.7. The van der Waals surface area contributed by atoms with Gasteiger partial charge in [-0.3, -0.25) is 0 Å². The van der Waals surface area contributed by atoms with Crippen LogP contribution in [0.25, 0.3) is 11.4 Å². The van der Waals surface area contributed by atoms with Crippen LogP contribution >= 0.6 is 34.8 Å². The van der Waals surface area contributed by atoms with Gasteiger partial charge in [0.2, 0.25) is 0 Å². The Hall–Kier alpha value is -0.830. The average Bonchev–Trinajstić information content (AvgIpc) is 3.16. The molecule has 2 nitrogen and oxygen atoms in total. The molecule has 1 saturated carbocycles. The molecule has 0 N–H and O–H groups in total. The first-order valence-electron chi connectivity index (χ1n) is 5.64. The zero-order valence-electron chi connectivity index (χ0n) is 9.33. The summed E-state index contributed by atoms with van der Waals surface area (Å²) in [5, 5.41) is 1.40. The van der Waals surface area contributed by atoms with E-state index in [9.17, 15) is 0 Å². The lowest BCUT2D eigenvalue weighted by molar-refractivity contribution is 0.994. The summed E-state index contributed by atoms with van der Waals surface area (Å²) < 4.78 is 0. The van der Waals surface area contributed by atoms with Crippen LogP contribution in [0, 0.1) is 0 Å². The van der Waals surface area contributed by atoms with E-state index in [1.54, 1.807) is 6.07 Å². The molecule has 0 aliphatic heterocycles. The Morgan fingerprint density at radius 2 is 1.83 bits per heavy atom. The number of aromatic nitrogens is 2. The predicted octanol–water partition coefficient (Wildman–Crippen LogP) is 4.98. The van der Waals surface area contributed by atoms with E-state index in [2.05, 4.69) is 9.97 Å². The van der Waals surface area contributed by atoms with Gasteiger partial charge in [-0.25, -0.2) is 9.97 Å². The minimum atomic E-state index is 0.443. The topological polar surface area (TPSA) is 25.8 Å². The smallest absolute Gasteiger partial charge is 0.162 e. The van der Waals surface area contributed by atoms with E-state index in [0.717, 1.165) is 18.5 Å². The van der Waals surface area contributed by atoms with Crippen molar-refractivity contribution in [2.24, 2.45) is 0 Å². The maximum atomic E-state index is 6.17. The van der Waals surface area contributed by atoms with E-state index in [1.807, 2.05) is 18.2 Å². The molecule has 0 saturated heterocycles. The minimum Gasteiger partial charge on any atom is -0.233 e. The van der Waals surface area contributed by atoms with Crippen molar-refractivity contribution in [1.29, 1.82) is 0 Å². The highest BCUT2D eigenvalue weighted by Gasteiger charge is 2.26. The molecule has 0 spiro atoms. The Labute approximate surface area is 120 Å². The lowest BCUT2D eigenvalue weighted by Crippen LogP contribution is -1.95. The molecular formula is C13H9Cl3N2. The van der Waals surface area contributed by atoms with Crippen molar-refractivity contribution in [3.8, 4) is 11.4 Å². The molecule has 1 aliphatic carbocycles. The summed E-state index contributed by atoms with van der Waals surface area (Å²) in [7, 11) is 0. The van der Waals surface area contributed by atoms with Gasteiger partial charge >= 0.3 is 0 Å². The number of halogens is 3. The Balaban J connectivity index is 2.13. The van der Waals surface area contributed by atoms with E-state index in [1.165, 1.54) is 0 Å². The van der Waals surface area contributed by atoms with Gasteiger partial charge in [0.1, 0.15) is 5.15 Å². The number of nitrogens with zero attached hydrogens (tertiary/aromatic N) is 2. The van der Waals surface area contributed by atoms with E-state index in [0.29, 0.717) is 32.5 Å². The molecule has 1 aromatic carbocycles. The predicted molar refractivity (Wildman–Crippen MR) is 74.5 cm³/mol. The first-order valence-corrected chi connectivity index (χ1v) is 6.77. The molecule has 1 fully saturated rings. The van der Waals surface area contributed by atoms with E-state index >= 15 is 0 Å². The summed E-state index contributed by atoms with van der Waals surface area (Å²) in [6, 6.07) is 7.22. The van der Waals surface area contributed by atoms with Crippen LogP contribution in [0.2, 0.25) is 15.2 Å². The Bertz CT molecular complexity index is 609. The number of rotatable bonds is 2. The third-order valence-electron chi connectivity index (χ3n) is 2.90. The molecule has 1 heterocycles. The molecule has 5 heteroatoms. The summed E-state index contributed by atoms with van der Waals surface area (Å²) in [5.41, 5.74) is 1.70. The van der Waals surface area contributed by atoms with Crippen LogP contribution in [-0.2, 0) is 0 Å². The summed E-state index contributed by atoms with van der Waals surface area (Å²) >= 11 is 18.2. The normalized spacial score (nSPS) is 14.8. The second-order valence-corrected chi connectivity index (χ2v) is 5.49. The molecule has 1 aliphatic rings. The first kappa shape index (κ1) is 12.2. The summed E-state index contributed by atoms with van der Waals surface area (Å²) in [5.74, 6) is 1.05. The highest BCUT2D eigenvalue weighted by atomic mass is 35.5. The van der Waals surface area contributed by atoms with E-state index in [4.69, 9.17) is 34.8 Å². The fourth-order valence-corrected chi connectivity index (χ4v) is 2.40. The van der Waals surface area contributed by atoms with Gasteiger partial charge in [-0.05, 0) is 31.0 Å².